The SMILES string of the molecule is Cc1cnc(CNCC(=O)Nc2c(Cl)cccc2Cl)o1. The first-order valence-electron chi connectivity index (χ1n) is 5.92. The first-order valence-corrected chi connectivity index (χ1v) is 6.67. The summed E-state index contributed by atoms with van der Waals surface area (Å²) in [5.74, 6) is 1.02. The van der Waals surface area contributed by atoms with Crippen LogP contribution in [0.4, 0.5) is 5.69 Å². The van der Waals surface area contributed by atoms with Crippen molar-refractivity contribution in [1.29, 1.82) is 0 Å². The molecule has 20 heavy (non-hydrogen) atoms. The van der Waals surface area contributed by atoms with E-state index in [0.717, 1.165) is 5.76 Å². The van der Waals surface area contributed by atoms with Crippen molar-refractivity contribution in [1.82, 2.24) is 10.3 Å². The molecule has 2 rings (SSSR count). The van der Waals surface area contributed by atoms with E-state index >= 15 is 0 Å². The summed E-state index contributed by atoms with van der Waals surface area (Å²) in [5, 5.41) is 6.37. The normalized spacial score (nSPS) is 10.6. The number of halogens is 2. The van der Waals surface area contributed by atoms with E-state index in [2.05, 4.69) is 15.6 Å². The van der Waals surface area contributed by atoms with Gasteiger partial charge in [0, 0.05) is 0 Å². The van der Waals surface area contributed by atoms with Crippen molar-refractivity contribution >= 4 is 34.8 Å². The van der Waals surface area contributed by atoms with Gasteiger partial charge in [-0.2, -0.15) is 0 Å². The quantitative estimate of drug-likeness (QED) is 0.890. The Balaban J connectivity index is 1.84. The smallest absolute Gasteiger partial charge is 0.238 e. The minimum Gasteiger partial charge on any atom is -0.445 e. The van der Waals surface area contributed by atoms with Crippen LogP contribution in [0.15, 0.2) is 28.8 Å². The molecule has 0 bridgehead atoms. The lowest BCUT2D eigenvalue weighted by molar-refractivity contribution is -0.115. The molecular weight excluding hydrogens is 301 g/mol. The lowest BCUT2D eigenvalue weighted by Gasteiger charge is -2.09. The molecule has 0 saturated heterocycles. The number of aromatic nitrogens is 1. The Labute approximate surface area is 126 Å². The molecule has 0 aliphatic rings. The molecule has 0 spiro atoms. The van der Waals surface area contributed by atoms with Crippen LogP contribution in [-0.4, -0.2) is 17.4 Å². The highest BCUT2D eigenvalue weighted by molar-refractivity contribution is 6.39. The summed E-state index contributed by atoms with van der Waals surface area (Å²) in [4.78, 5) is 15.8. The third-order valence-corrected chi connectivity index (χ3v) is 3.09. The summed E-state index contributed by atoms with van der Waals surface area (Å²) in [6.45, 7) is 2.28. The molecule has 2 aromatic rings. The highest BCUT2D eigenvalue weighted by Gasteiger charge is 2.09. The van der Waals surface area contributed by atoms with E-state index in [9.17, 15) is 4.79 Å². The molecular formula is C13H13Cl2N3O2. The summed E-state index contributed by atoms with van der Waals surface area (Å²) in [6.07, 6.45) is 1.63. The molecule has 1 amide bonds. The van der Waals surface area contributed by atoms with E-state index in [4.69, 9.17) is 27.6 Å². The zero-order valence-corrected chi connectivity index (χ0v) is 12.3. The van der Waals surface area contributed by atoms with Gasteiger partial charge >= 0.3 is 0 Å². The number of amides is 1. The fraction of sp³-hybridized carbons (Fsp3) is 0.231. The van der Waals surface area contributed by atoms with Gasteiger partial charge < -0.3 is 9.73 Å². The lowest BCUT2D eigenvalue weighted by atomic mass is 10.3. The molecule has 1 heterocycles. The predicted octanol–water partition coefficient (Wildman–Crippen LogP) is 3.02. The standard InChI is InChI=1S/C13H13Cl2N3O2/c1-8-5-17-12(20-8)7-16-6-11(19)18-13-9(14)3-2-4-10(13)15/h2-5,16H,6-7H2,1H3,(H,18,19). The molecule has 0 aliphatic carbocycles. The number of oxazole rings is 1. The van der Waals surface area contributed by atoms with Crippen LogP contribution in [0.25, 0.3) is 0 Å². The molecule has 106 valence electrons. The first kappa shape index (κ1) is 14.8. The van der Waals surface area contributed by atoms with Gasteiger partial charge in [0.2, 0.25) is 11.8 Å². The fourth-order valence-electron chi connectivity index (χ4n) is 1.57. The monoisotopic (exact) mass is 313 g/mol. The summed E-state index contributed by atoms with van der Waals surface area (Å²) in [5.41, 5.74) is 0.412. The van der Waals surface area contributed by atoms with Gasteiger partial charge in [-0.3, -0.25) is 10.1 Å². The highest BCUT2D eigenvalue weighted by atomic mass is 35.5. The number of para-hydroxylation sites is 1. The Morgan fingerprint density at radius 1 is 1.35 bits per heavy atom. The Morgan fingerprint density at radius 3 is 2.65 bits per heavy atom. The van der Waals surface area contributed by atoms with Gasteiger partial charge in [-0.05, 0) is 19.1 Å². The predicted molar refractivity (Wildman–Crippen MR) is 78.0 cm³/mol. The van der Waals surface area contributed by atoms with E-state index in [1.165, 1.54) is 0 Å². The number of carbonyl (C=O) groups is 1. The number of anilines is 1. The van der Waals surface area contributed by atoms with Crippen molar-refractivity contribution in [3.05, 3.63) is 46.1 Å². The largest absolute Gasteiger partial charge is 0.445 e. The van der Waals surface area contributed by atoms with Crippen molar-refractivity contribution in [2.75, 3.05) is 11.9 Å². The molecule has 1 aromatic carbocycles. The number of rotatable bonds is 5. The number of hydrogen-bond donors (Lipinski definition) is 2. The Morgan fingerprint density at radius 2 is 2.05 bits per heavy atom. The van der Waals surface area contributed by atoms with Crippen molar-refractivity contribution < 1.29 is 9.21 Å². The van der Waals surface area contributed by atoms with Crippen LogP contribution >= 0.6 is 23.2 Å². The molecule has 7 heteroatoms. The fourth-order valence-corrected chi connectivity index (χ4v) is 2.06. The number of carbonyl (C=O) groups excluding carboxylic acids is 1. The highest BCUT2D eigenvalue weighted by Crippen LogP contribution is 2.29. The van der Waals surface area contributed by atoms with Crippen molar-refractivity contribution in [2.45, 2.75) is 13.5 Å². The Kier molecular flexibility index (Phi) is 5.00. The molecule has 0 fully saturated rings. The molecule has 5 nitrogen and oxygen atoms in total. The van der Waals surface area contributed by atoms with Crippen LogP contribution in [0.1, 0.15) is 11.7 Å². The second-order valence-corrected chi connectivity index (χ2v) is 4.93. The van der Waals surface area contributed by atoms with Gasteiger partial charge in [0.1, 0.15) is 5.76 Å². The third kappa shape index (κ3) is 3.96. The van der Waals surface area contributed by atoms with E-state index in [0.29, 0.717) is 28.2 Å². The minimum absolute atomic E-state index is 0.100. The Hall–Kier alpha value is -1.56. The molecule has 2 N–H and O–H groups in total. The molecule has 0 radical (unpaired) electrons. The van der Waals surface area contributed by atoms with E-state index in [1.807, 2.05) is 6.92 Å². The summed E-state index contributed by atoms with van der Waals surface area (Å²) in [7, 11) is 0. The molecule has 0 aliphatic heterocycles. The zero-order chi connectivity index (χ0) is 14.5. The number of nitrogens with one attached hydrogen (secondary N) is 2. The molecule has 0 unspecified atom stereocenters. The summed E-state index contributed by atoms with van der Waals surface area (Å²) < 4.78 is 5.27. The van der Waals surface area contributed by atoms with Crippen LogP contribution in [0, 0.1) is 6.92 Å². The van der Waals surface area contributed by atoms with Crippen LogP contribution in [0.5, 0.6) is 0 Å². The number of nitrogens with zero attached hydrogens (tertiary/aromatic N) is 1. The van der Waals surface area contributed by atoms with Crippen molar-refractivity contribution in [3.63, 3.8) is 0 Å². The maximum atomic E-state index is 11.8. The molecule has 1 aromatic heterocycles. The maximum absolute atomic E-state index is 11.8. The Bertz CT molecular complexity index is 593. The van der Waals surface area contributed by atoms with Crippen LogP contribution in [0.2, 0.25) is 10.0 Å². The lowest BCUT2D eigenvalue weighted by Crippen LogP contribution is -2.28. The van der Waals surface area contributed by atoms with Gasteiger partial charge in [0.05, 0.1) is 35.0 Å². The zero-order valence-electron chi connectivity index (χ0n) is 10.7. The van der Waals surface area contributed by atoms with E-state index in [1.54, 1.807) is 24.4 Å². The molecule has 0 atom stereocenters. The second-order valence-electron chi connectivity index (χ2n) is 4.11. The average molecular weight is 314 g/mol. The first-order chi connectivity index (χ1) is 9.56. The molecule has 0 saturated carbocycles. The van der Waals surface area contributed by atoms with Gasteiger partial charge in [-0.25, -0.2) is 4.98 Å². The number of hydrogen-bond acceptors (Lipinski definition) is 4. The van der Waals surface area contributed by atoms with Crippen LogP contribution < -0.4 is 10.6 Å². The van der Waals surface area contributed by atoms with Crippen LogP contribution in [-0.2, 0) is 11.3 Å². The van der Waals surface area contributed by atoms with Crippen molar-refractivity contribution in [2.24, 2.45) is 0 Å². The van der Waals surface area contributed by atoms with Gasteiger partial charge in [-0.15, -0.1) is 0 Å². The average Bonchev–Trinajstić information content (AvgIpc) is 2.80. The van der Waals surface area contributed by atoms with Gasteiger partial charge in [0.25, 0.3) is 0 Å². The topological polar surface area (TPSA) is 67.2 Å². The third-order valence-electron chi connectivity index (χ3n) is 2.46. The van der Waals surface area contributed by atoms with E-state index < -0.39 is 0 Å². The van der Waals surface area contributed by atoms with Gasteiger partial charge in [-0.1, -0.05) is 29.3 Å². The summed E-state index contributed by atoms with van der Waals surface area (Å²) >= 11 is 11.9. The van der Waals surface area contributed by atoms with E-state index in [-0.39, 0.29) is 12.5 Å². The number of benzene rings is 1. The van der Waals surface area contributed by atoms with Gasteiger partial charge in [0.15, 0.2) is 0 Å². The second kappa shape index (κ2) is 6.74. The van der Waals surface area contributed by atoms with Crippen LogP contribution in [0.3, 0.4) is 0 Å². The van der Waals surface area contributed by atoms with Crippen molar-refractivity contribution in [3.8, 4) is 0 Å². The maximum Gasteiger partial charge on any atom is 0.238 e. The number of aryl methyl sites for hydroxylation is 1. The minimum atomic E-state index is -0.247. The summed E-state index contributed by atoms with van der Waals surface area (Å²) in [6, 6.07) is 5.03.